The third-order valence-electron chi connectivity index (χ3n) is 1.50. The van der Waals surface area contributed by atoms with Crippen LogP contribution < -0.4 is 0 Å². The van der Waals surface area contributed by atoms with Crippen LogP contribution in [0.5, 0.6) is 0 Å². The van der Waals surface area contributed by atoms with Gasteiger partial charge in [0.15, 0.2) is 0 Å². The minimum Gasteiger partial charge on any atom is -0.249 e. The molecular weight excluding hydrogens is 145 g/mol. The highest BCUT2D eigenvalue weighted by Crippen LogP contribution is 2.08. The van der Waals surface area contributed by atoms with Crippen molar-refractivity contribution in [3.05, 3.63) is 11.6 Å². The summed E-state index contributed by atoms with van der Waals surface area (Å²) in [6.45, 7) is 4.07. The van der Waals surface area contributed by atoms with Crippen molar-refractivity contribution in [1.82, 2.24) is 15.0 Å². The van der Waals surface area contributed by atoms with E-state index in [1.54, 1.807) is 7.05 Å². The fourth-order valence-electron chi connectivity index (χ4n) is 0.955. The van der Waals surface area contributed by atoms with Crippen LogP contribution in [0, 0.1) is 11.9 Å². The van der Waals surface area contributed by atoms with Crippen molar-refractivity contribution in [1.29, 1.82) is 0 Å². The molecule has 0 aromatic carbocycles. The molecule has 1 aromatic rings. The van der Waals surface area contributed by atoms with Crippen LogP contribution in [0.1, 0.15) is 19.5 Å². The van der Waals surface area contributed by atoms with Crippen molar-refractivity contribution in [3.8, 4) is 0 Å². The number of rotatable bonds is 2. The summed E-state index contributed by atoms with van der Waals surface area (Å²) in [6.07, 6.45) is 0.690. The molecule has 0 atom stereocenters. The van der Waals surface area contributed by atoms with Crippen molar-refractivity contribution in [2.24, 2.45) is 13.0 Å². The Hall–Kier alpha value is -0.930. The highest BCUT2D eigenvalue weighted by atomic mass is 19.1. The molecule has 0 aliphatic heterocycles. The van der Waals surface area contributed by atoms with E-state index in [-0.39, 0.29) is 0 Å². The van der Waals surface area contributed by atoms with E-state index in [0.717, 1.165) is 0 Å². The molecular formula is C7H12FN3. The van der Waals surface area contributed by atoms with E-state index in [1.165, 1.54) is 4.68 Å². The number of nitrogens with zero attached hydrogens (tertiary/aromatic N) is 3. The van der Waals surface area contributed by atoms with Gasteiger partial charge in [0.1, 0.15) is 0 Å². The highest BCUT2D eigenvalue weighted by Gasteiger charge is 2.10. The van der Waals surface area contributed by atoms with E-state index in [4.69, 9.17) is 0 Å². The third kappa shape index (κ3) is 1.76. The van der Waals surface area contributed by atoms with Gasteiger partial charge in [-0.2, -0.15) is 4.39 Å². The largest absolute Gasteiger partial charge is 0.255 e. The molecule has 0 aliphatic carbocycles. The molecule has 0 fully saturated rings. The first kappa shape index (κ1) is 8.17. The van der Waals surface area contributed by atoms with Gasteiger partial charge in [-0.05, 0) is 12.3 Å². The van der Waals surface area contributed by atoms with Crippen molar-refractivity contribution in [2.75, 3.05) is 0 Å². The molecule has 0 radical (unpaired) electrons. The Morgan fingerprint density at radius 1 is 1.55 bits per heavy atom. The number of halogens is 1. The van der Waals surface area contributed by atoms with Gasteiger partial charge in [-0.15, -0.1) is 0 Å². The lowest BCUT2D eigenvalue weighted by atomic mass is 10.1. The van der Waals surface area contributed by atoms with Gasteiger partial charge < -0.3 is 0 Å². The van der Waals surface area contributed by atoms with Gasteiger partial charge in [-0.1, -0.05) is 24.2 Å². The standard InChI is InChI=1S/C7H12FN3/c1-5(2)4-6-7(8)9-10-11(6)3/h5H,4H2,1-3H3. The molecule has 0 aliphatic rings. The zero-order valence-electron chi connectivity index (χ0n) is 7.00. The maximum Gasteiger partial charge on any atom is 0.255 e. The van der Waals surface area contributed by atoms with Crippen LogP contribution in [0.15, 0.2) is 0 Å². The Bertz CT molecular complexity index is 222. The van der Waals surface area contributed by atoms with E-state index in [9.17, 15) is 4.39 Å². The van der Waals surface area contributed by atoms with Crippen LogP contribution in [0.2, 0.25) is 0 Å². The molecule has 0 unspecified atom stereocenters. The predicted molar refractivity (Wildman–Crippen MR) is 39.5 cm³/mol. The van der Waals surface area contributed by atoms with Crippen LogP contribution in [0.25, 0.3) is 0 Å². The average Bonchev–Trinajstić information content (AvgIpc) is 2.18. The summed E-state index contributed by atoms with van der Waals surface area (Å²) >= 11 is 0. The molecule has 1 aromatic heterocycles. The molecule has 4 heteroatoms. The molecule has 62 valence electrons. The Balaban J connectivity index is 2.83. The van der Waals surface area contributed by atoms with Crippen LogP contribution in [0.4, 0.5) is 4.39 Å². The van der Waals surface area contributed by atoms with Gasteiger partial charge >= 0.3 is 0 Å². The summed E-state index contributed by atoms with van der Waals surface area (Å²) in [7, 11) is 1.70. The minimum absolute atomic E-state index is 0.432. The Labute approximate surface area is 65.2 Å². The first-order chi connectivity index (χ1) is 5.11. The summed E-state index contributed by atoms with van der Waals surface area (Å²) in [6, 6.07) is 0. The zero-order valence-corrected chi connectivity index (χ0v) is 7.00. The molecule has 11 heavy (non-hydrogen) atoms. The number of hydrogen-bond donors (Lipinski definition) is 0. The van der Waals surface area contributed by atoms with Crippen molar-refractivity contribution >= 4 is 0 Å². The second-order valence-corrected chi connectivity index (χ2v) is 3.05. The maximum atomic E-state index is 12.8. The lowest BCUT2D eigenvalue weighted by Crippen LogP contribution is -2.03. The second kappa shape index (κ2) is 2.98. The maximum absolute atomic E-state index is 12.8. The summed E-state index contributed by atoms with van der Waals surface area (Å²) in [5, 5.41) is 6.88. The van der Waals surface area contributed by atoms with Crippen molar-refractivity contribution in [2.45, 2.75) is 20.3 Å². The normalized spacial score (nSPS) is 11.0. The Kier molecular flexibility index (Phi) is 2.22. The SMILES string of the molecule is CC(C)Cc1c(F)nnn1C. The van der Waals surface area contributed by atoms with Crippen molar-refractivity contribution in [3.63, 3.8) is 0 Å². The molecule has 0 spiro atoms. The van der Waals surface area contributed by atoms with Crippen LogP contribution in [-0.4, -0.2) is 15.0 Å². The molecule has 0 N–H and O–H groups in total. The third-order valence-corrected chi connectivity index (χ3v) is 1.50. The van der Waals surface area contributed by atoms with Gasteiger partial charge in [0.25, 0.3) is 5.95 Å². The smallest absolute Gasteiger partial charge is 0.249 e. The lowest BCUT2D eigenvalue weighted by molar-refractivity contribution is 0.536. The molecule has 0 bridgehead atoms. The Morgan fingerprint density at radius 2 is 2.18 bits per heavy atom. The molecule has 1 heterocycles. The van der Waals surface area contributed by atoms with E-state index < -0.39 is 5.95 Å². The van der Waals surface area contributed by atoms with Gasteiger partial charge in [-0.3, -0.25) is 0 Å². The number of aryl methyl sites for hydroxylation is 1. The fourth-order valence-corrected chi connectivity index (χ4v) is 0.955. The number of hydrogen-bond acceptors (Lipinski definition) is 2. The number of aromatic nitrogens is 3. The monoisotopic (exact) mass is 157 g/mol. The van der Waals surface area contributed by atoms with Gasteiger partial charge in [0.2, 0.25) is 0 Å². The van der Waals surface area contributed by atoms with E-state index >= 15 is 0 Å². The summed E-state index contributed by atoms with van der Waals surface area (Å²) in [5.41, 5.74) is 0.583. The van der Waals surface area contributed by atoms with Gasteiger partial charge in [0.05, 0.1) is 5.69 Å². The van der Waals surface area contributed by atoms with Crippen LogP contribution >= 0.6 is 0 Å². The van der Waals surface area contributed by atoms with E-state index in [1.807, 2.05) is 13.8 Å². The van der Waals surface area contributed by atoms with Crippen LogP contribution in [-0.2, 0) is 13.5 Å². The Morgan fingerprint density at radius 3 is 2.55 bits per heavy atom. The first-order valence-corrected chi connectivity index (χ1v) is 3.65. The predicted octanol–water partition coefficient (Wildman–Crippen LogP) is 1.15. The van der Waals surface area contributed by atoms with Gasteiger partial charge in [-0.25, -0.2) is 4.68 Å². The zero-order chi connectivity index (χ0) is 8.43. The summed E-state index contributed by atoms with van der Waals surface area (Å²) < 4.78 is 14.3. The molecule has 0 amide bonds. The molecule has 3 nitrogen and oxygen atoms in total. The van der Waals surface area contributed by atoms with Crippen LogP contribution in [0.3, 0.4) is 0 Å². The topological polar surface area (TPSA) is 30.7 Å². The van der Waals surface area contributed by atoms with Crippen molar-refractivity contribution < 1.29 is 4.39 Å². The molecule has 0 saturated heterocycles. The summed E-state index contributed by atoms with van der Waals surface area (Å²) in [4.78, 5) is 0. The van der Waals surface area contributed by atoms with E-state index in [0.29, 0.717) is 18.0 Å². The minimum atomic E-state index is -0.443. The second-order valence-electron chi connectivity index (χ2n) is 3.05. The highest BCUT2D eigenvalue weighted by molar-refractivity contribution is 4.97. The molecule has 0 saturated carbocycles. The lowest BCUT2D eigenvalue weighted by Gasteiger charge is -2.02. The summed E-state index contributed by atoms with van der Waals surface area (Å²) in [5.74, 6) is -0.0112. The average molecular weight is 157 g/mol. The fraction of sp³-hybridized carbons (Fsp3) is 0.714. The first-order valence-electron chi connectivity index (χ1n) is 3.65. The van der Waals surface area contributed by atoms with Gasteiger partial charge in [0, 0.05) is 7.05 Å². The molecule has 1 rings (SSSR count). The quantitative estimate of drug-likeness (QED) is 0.644. The van der Waals surface area contributed by atoms with E-state index in [2.05, 4.69) is 10.3 Å².